The maximum atomic E-state index is 12.4. The molecule has 0 N–H and O–H groups in total. The number of halogens is 2. The molecule has 22 heavy (non-hydrogen) atoms. The highest BCUT2D eigenvalue weighted by molar-refractivity contribution is 5.50. The molecule has 0 saturated carbocycles. The summed E-state index contributed by atoms with van der Waals surface area (Å²) in [5.74, 6) is -0.523. The van der Waals surface area contributed by atoms with Gasteiger partial charge < -0.3 is 13.7 Å². The molecule has 1 aliphatic rings. The average Bonchev–Trinajstić information content (AvgIpc) is 3.00. The van der Waals surface area contributed by atoms with Gasteiger partial charge in [0.25, 0.3) is 11.4 Å². The van der Waals surface area contributed by atoms with Crippen LogP contribution in [0.15, 0.2) is 27.5 Å². The van der Waals surface area contributed by atoms with E-state index < -0.39 is 12.3 Å². The van der Waals surface area contributed by atoms with Crippen LogP contribution in [-0.4, -0.2) is 28.0 Å². The first-order valence-corrected chi connectivity index (χ1v) is 7.03. The van der Waals surface area contributed by atoms with Gasteiger partial charge in [-0.2, -0.15) is 8.78 Å². The topological polar surface area (TPSA) is 70.2 Å². The number of hydrogen-bond donors (Lipinski definition) is 0. The van der Waals surface area contributed by atoms with E-state index >= 15 is 0 Å². The van der Waals surface area contributed by atoms with Crippen molar-refractivity contribution in [3.8, 4) is 11.5 Å². The predicted molar refractivity (Wildman–Crippen MR) is 72.5 cm³/mol. The van der Waals surface area contributed by atoms with Crippen LogP contribution >= 0.6 is 0 Å². The Kier molecular flexibility index (Phi) is 4.28. The Morgan fingerprint density at radius 2 is 2.27 bits per heavy atom. The number of rotatable bonds is 4. The normalized spacial score (nSPS) is 18.8. The maximum absolute atomic E-state index is 12.4. The molecule has 6 nitrogen and oxygen atoms in total. The number of pyridine rings is 1. The summed E-state index contributed by atoms with van der Waals surface area (Å²) in [6.07, 6.45) is 0.803. The van der Waals surface area contributed by atoms with Crippen molar-refractivity contribution in [2.24, 2.45) is 5.92 Å². The molecule has 1 atom stereocenters. The molecule has 8 heteroatoms. The van der Waals surface area contributed by atoms with Gasteiger partial charge in [0.05, 0.1) is 6.61 Å². The molecule has 0 amide bonds. The average molecular weight is 311 g/mol. The van der Waals surface area contributed by atoms with Gasteiger partial charge in [-0.1, -0.05) is 0 Å². The van der Waals surface area contributed by atoms with E-state index in [0.717, 1.165) is 19.4 Å². The fourth-order valence-electron chi connectivity index (χ4n) is 2.46. The third-order valence-corrected chi connectivity index (χ3v) is 3.58. The number of nitrogens with zero attached hydrogens (tertiary/aromatic N) is 3. The van der Waals surface area contributed by atoms with Crippen LogP contribution in [0.5, 0.6) is 0 Å². The zero-order chi connectivity index (χ0) is 15.5. The second kappa shape index (κ2) is 6.35. The minimum absolute atomic E-state index is 0.0828. The van der Waals surface area contributed by atoms with Gasteiger partial charge in [-0.3, -0.25) is 4.79 Å². The van der Waals surface area contributed by atoms with Crippen LogP contribution in [0.25, 0.3) is 11.5 Å². The summed E-state index contributed by atoms with van der Waals surface area (Å²) in [5, 5.41) is 6.78. The van der Waals surface area contributed by atoms with Crippen molar-refractivity contribution in [2.75, 3.05) is 13.2 Å². The molecule has 3 heterocycles. The summed E-state index contributed by atoms with van der Waals surface area (Å²) in [6.45, 7) is 1.99. The number of aromatic nitrogens is 3. The molecule has 0 spiro atoms. The SMILES string of the molecule is O=c1cc(-c2nnc(C(F)F)o2)ccn1CC1CCCOC1. The molecule has 1 aliphatic heterocycles. The molecule has 2 aromatic rings. The van der Waals surface area contributed by atoms with Crippen LogP contribution in [0.1, 0.15) is 25.2 Å². The minimum Gasteiger partial charge on any atom is -0.415 e. The van der Waals surface area contributed by atoms with Crippen molar-refractivity contribution in [1.82, 2.24) is 14.8 Å². The fourth-order valence-corrected chi connectivity index (χ4v) is 2.46. The highest BCUT2D eigenvalue weighted by Crippen LogP contribution is 2.22. The van der Waals surface area contributed by atoms with E-state index in [9.17, 15) is 13.6 Å². The highest BCUT2D eigenvalue weighted by Gasteiger charge is 2.18. The van der Waals surface area contributed by atoms with Gasteiger partial charge in [0.15, 0.2) is 0 Å². The van der Waals surface area contributed by atoms with Gasteiger partial charge in [-0.15, -0.1) is 10.2 Å². The smallest absolute Gasteiger partial charge is 0.314 e. The molecule has 0 aromatic carbocycles. The van der Waals surface area contributed by atoms with E-state index in [0.29, 0.717) is 24.6 Å². The Bertz CT molecular complexity index is 693. The quantitative estimate of drug-likeness (QED) is 0.866. The lowest BCUT2D eigenvalue weighted by atomic mass is 10.0. The van der Waals surface area contributed by atoms with Crippen LogP contribution in [0.3, 0.4) is 0 Å². The molecule has 1 unspecified atom stereocenters. The number of ether oxygens (including phenoxy) is 1. The Morgan fingerprint density at radius 1 is 1.41 bits per heavy atom. The van der Waals surface area contributed by atoms with Crippen LogP contribution in [0.2, 0.25) is 0 Å². The van der Waals surface area contributed by atoms with Gasteiger partial charge in [0, 0.05) is 36.9 Å². The number of alkyl halides is 2. The zero-order valence-electron chi connectivity index (χ0n) is 11.7. The Balaban J connectivity index is 1.77. The highest BCUT2D eigenvalue weighted by atomic mass is 19.3. The largest absolute Gasteiger partial charge is 0.415 e. The van der Waals surface area contributed by atoms with Crippen molar-refractivity contribution >= 4 is 0 Å². The number of hydrogen-bond acceptors (Lipinski definition) is 5. The standard InChI is InChI=1S/C14H15F2N3O3/c15-12(16)14-18-17-13(22-14)10-3-4-19(11(20)6-10)7-9-2-1-5-21-8-9/h3-4,6,9,12H,1-2,5,7-8H2. The lowest BCUT2D eigenvalue weighted by molar-refractivity contribution is 0.0480. The van der Waals surface area contributed by atoms with Gasteiger partial charge in [-0.05, 0) is 18.9 Å². The minimum atomic E-state index is -2.83. The van der Waals surface area contributed by atoms with Crippen molar-refractivity contribution in [2.45, 2.75) is 25.8 Å². The van der Waals surface area contributed by atoms with Crippen LogP contribution < -0.4 is 5.56 Å². The molecule has 0 aliphatic carbocycles. The molecular formula is C14H15F2N3O3. The fraction of sp³-hybridized carbons (Fsp3) is 0.500. The van der Waals surface area contributed by atoms with Crippen LogP contribution in [0, 0.1) is 5.92 Å². The van der Waals surface area contributed by atoms with Crippen LogP contribution in [0.4, 0.5) is 8.78 Å². The first-order valence-electron chi connectivity index (χ1n) is 7.03. The van der Waals surface area contributed by atoms with E-state index in [1.807, 2.05) is 0 Å². The maximum Gasteiger partial charge on any atom is 0.314 e. The summed E-state index contributed by atoms with van der Waals surface area (Å²) in [4.78, 5) is 12.1. The summed E-state index contributed by atoms with van der Waals surface area (Å²) in [6, 6.07) is 2.92. The molecule has 0 radical (unpaired) electrons. The Hall–Kier alpha value is -2.09. The van der Waals surface area contributed by atoms with Crippen molar-refractivity contribution in [3.05, 3.63) is 34.6 Å². The lowest BCUT2D eigenvalue weighted by Crippen LogP contribution is -2.27. The van der Waals surface area contributed by atoms with E-state index in [-0.39, 0.29) is 11.4 Å². The second-order valence-corrected chi connectivity index (χ2v) is 5.24. The monoisotopic (exact) mass is 311 g/mol. The first-order chi connectivity index (χ1) is 10.6. The van der Waals surface area contributed by atoms with Gasteiger partial charge >= 0.3 is 6.43 Å². The third kappa shape index (κ3) is 3.22. The molecule has 1 fully saturated rings. The van der Waals surface area contributed by atoms with E-state index in [1.54, 1.807) is 16.8 Å². The summed E-state index contributed by atoms with van der Waals surface area (Å²) in [5.41, 5.74) is 0.0976. The van der Waals surface area contributed by atoms with Crippen molar-refractivity contribution in [3.63, 3.8) is 0 Å². The molecular weight excluding hydrogens is 296 g/mol. The van der Waals surface area contributed by atoms with E-state index in [4.69, 9.17) is 9.15 Å². The first kappa shape index (κ1) is 14.8. The van der Waals surface area contributed by atoms with Gasteiger partial charge in [0.1, 0.15) is 0 Å². The molecule has 118 valence electrons. The van der Waals surface area contributed by atoms with Gasteiger partial charge in [-0.25, -0.2) is 0 Å². The predicted octanol–water partition coefficient (Wildman–Crippen LogP) is 2.26. The van der Waals surface area contributed by atoms with E-state index in [1.165, 1.54) is 6.07 Å². The van der Waals surface area contributed by atoms with Crippen molar-refractivity contribution < 1.29 is 17.9 Å². The summed E-state index contributed by atoms with van der Waals surface area (Å²) >= 11 is 0. The van der Waals surface area contributed by atoms with Gasteiger partial charge in [0.2, 0.25) is 5.89 Å². The molecule has 2 aromatic heterocycles. The molecule has 0 bridgehead atoms. The summed E-state index contributed by atoms with van der Waals surface area (Å²) < 4.78 is 36.7. The second-order valence-electron chi connectivity index (χ2n) is 5.24. The zero-order valence-corrected chi connectivity index (χ0v) is 11.7. The van der Waals surface area contributed by atoms with Crippen LogP contribution in [-0.2, 0) is 11.3 Å². The summed E-state index contributed by atoms with van der Waals surface area (Å²) in [7, 11) is 0. The third-order valence-electron chi connectivity index (χ3n) is 3.58. The molecule has 3 rings (SSSR count). The Morgan fingerprint density at radius 3 is 2.91 bits per heavy atom. The van der Waals surface area contributed by atoms with E-state index in [2.05, 4.69) is 10.2 Å². The lowest BCUT2D eigenvalue weighted by Gasteiger charge is -2.22. The van der Waals surface area contributed by atoms with Crippen molar-refractivity contribution in [1.29, 1.82) is 0 Å². The Labute approximate surface area is 124 Å². The molecule has 1 saturated heterocycles.